The fourth-order valence-corrected chi connectivity index (χ4v) is 6.66. The van der Waals surface area contributed by atoms with Crippen molar-refractivity contribution in [3.8, 4) is 0 Å². The van der Waals surface area contributed by atoms with Crippen molar-refractivity contribution in [1.82, 2.24) is 8.87 Å². The number of thiazole rings is 1. The van der Waals surface area contributed by atoms with E-state index >= 15 is 0 Å². The quantitative estimate of drug-likeness (QED) is 0.275. The van der Waals surface area contributed by atoms with E-state index in [0.29, 0.717) is 15.9 Å². The number of sulfonamides is 1. The number of ether oxygens (including phenoxy) is 1. The molecule has 0 saturated heterocycles. The number of carbonyl (C=O) groups is 3. The first-order chi connectivity index (χ1) is 19.6. The van der Waals surface area contributed by atoms with Crippen molar-refractivity contribution in [2.45, 2.75) is 38.8 Å². The van der Waals surface area contributed by atoms with Crippen LogP contribution in [0.5, 0.6) is 0 Å². The van der Waals surface area contributed by atoms with Crippen molar-refractivity contribution in [3.05, 3.63) is 88.7 Å². The predicted molar refractivity (Wildman–Crippen MR) is 157 cm³/mol. The van der Waals surface area contributed by atoms with Crippen molar-refractivity contribution >= 4 is 55.0 Å². The maximum atomic E-state index is 13.3. The molecule has 4 aromatic rings. The first-order valence-corrected chi connectivity index (χ1v) is 15.2. The zero-order valence-corrected chi connectivity index (χ0v) is 24.5. The zero-order chi connectivity index (χ0) is 29.6. The summed E-state index contributed by atoms with van der Waals surface area (Å²) in [5.74, 6) is -1.32. The number of amides is 2. The summed E-state index contributed by atoms with van der Waals surface area (Å²) in [6, 6.07) is 20.1. The summed E-state index contributed by atoms with van der Waals surface area (Å²) < 4.78 is 35.3. The van der Waals surface area contributed by atoms with Gasteiger partial charge in [0.05, 0.1) is 21.7 Å². The fraction of sp³-hybridized carbons (Fsp3) is 0.241. The van der Waals surface area contributed by atoms with Crippen LogP contribution in [0.4, 0.5) is 5.69 Å². The molecule has 4 rings (SSSR count). The summed E-state index contributed by atoms with van der Waals surface area (Å²) in [5.41, 5.74) is 2.27. The van der Waals surface area contributed by atoms with E-state index < -0.39 is 21.9 Å². The number of hydrogen-bond donors (Lipinski definition) is 1. The highest BCUT2D eigenvalue weighted by atomic mass is 32.2. The molecule has 214 valence electrons. The maximum absolute atomic E-state index is 13.3. The van der Waals surface area contributed by atoms with Crippen LogP contribution in [0.25, 0.3) is 10.2 Å². The number of nitrogens with zero attached hydrogens (tertiary/aromatic N) is 3. The first-order valence-electron chi connectivity index (χ1n) is 12.9. The summed E-state index contributed by atoms with van der Waals surface area (Å²) in [4.78, 5) is 41.5. The highest BCUT2D eigenvalue weighted by molar-refractivity contribution is 7.89. The van der Waals surface area contributed by atoms with Gasteiger partial charge in [0, 0.05) is 31.3 Å². The average Bonchev–Trinajstić information content (AvgIpc) is 3.27. The van der Waals surface area contributed by atoms with Gasteiger partial charge >= 0.3 is 5.97 Å². The Morgan fingerprint density at radius 1 is 1.00 bits per heavy atom. The molecular weight excluding hydrogens is 564 g/mol. The van der Waals surface area contributed by atoms with Gasteiger partial charge in [-0.05, 0) is 55.0 Å². The van der Waals surface area contributed by atoms with Gasteiger partial charge in [0.2, 0.25) is 15.9 Å². The van der Waals surface area contributed by atoms with E-state index in [9.17, 15) is 22.8 Å². The van der Waals surface area contributed by atoms with Crippen molar-refractivity contribution < 1.29 is 27.5 Å². The lowest BCUT2D eigenvalue weighted by Gasteiger charge is -2.20. The SMILES string of the molecule is CCOC(=O)Cn1c(=NC(=O)c2ccc(S(=O)(=O)N(CC)Cc3ccccc3)cc2)sc2cc(NC(C)=O)ccc21. The molecule has 0 fully saturated rings. The van der Waals surface area contributed by atoms with Crippen molar-refractivity contribution in [2.75, 3.05) is 18.5 Å². The topological polar surface area (TPSA) is 127 Å². The molecule has 1 aromatic heterocycles. The van der Waals surface area contributed by atoms with Crippen molar-refractivity contribution in [3.63, 3.8) is 0 Å². The minimum absolute atomic E-state index is 0.0663. The highest BCUT2D eigenvalue weighted by Crippen LogP contribution is 2.23. The number of esters is 1. The number of rotatable bonds is 10. The smallest absolute Gasteiger partial charge is 0.326 e. The number of anilines is 1. The Balaban J connectivity index is 1.65. The molecule has 0 bridgehead atoms. The van der Waals surface area contributed by atoms with E-state index in [4.69, 9.17) is 4.74 Å². The van der Waals surface area contributed by atoms with Crippen LogP contribution in [0.3, 0.4) is 0 Å². The van der Waals surface area contributed by atoms with Gasteiger partial charge in [0.15, 0.2) is 4.80 Å². The van der Waals surface area contributed by atoms with E-state index in [2.05, 4.69) is 10.3 Å². The van der Waals surface area contributed by atoms with Crippen LogP contribution in [-0.4, -0.2) is 48.2 Å². The summed E-state index contributed by atoms with van der Waals surface area (Å²) in [6.45, 7) is 5.43. The number of benzene rings is 3. The monoisotopic (exact) mass is 594 g/mol. The minimum atomic E-state index is -3.80. The van der Waals surface area contributed by atoms with Crippen LogP contribution < -0.4 is 10.1 Å². The standard InChI is InChI=1S/C29H30N4O6S2/c1-4-32(18-21-9-7-6-8-10-21)41(37,38)24-14-11-22(12-15-24)28(36)31-29-33(19-27(35)39-5-2)25-16-13-23(30-20(3)34)17-26(25)40-29/h6-17H,4-5,18-19H2,1-3H3,(H,30,34). The molecule has 0 saturated carbocycles. The Morgan fingerprint density at radius 2 is 1.71 bits per heavy atom. The molecule has 2 amide bonds. The van der Waals surface area contributed by atoms with Gasteiger partial charge < -0.3 is 14.6 Å². The Morgan fingerprint density at radius 3 is 2.34 bits per heavy atom. The van der Waals surface area contributed by atoms with Crippen molar-refractivity contribution in [1.29, 1.82) is 0 Å². The number of fused-ring (bicyclic) bond motifs is 1. The van der Waals surface area contributed by atoms with Crippen LogP contribution in [0.15, 0.2) is 82.7 Å². The second-order valence-electron chi connectivity index (χ2n) is 9.00. The van der Waals surface area contributed by atoms with E-state index in [0.717, 1.165) is 5.56 Å². The molecule has 12 heteroatoms. The largest absolute Gasteiger partial charge is 0.465 e. The van der Waals surface area contributed by atoms with Crippen LogP contribution in [0.1, 0.15) is 36.7 Å². The third-order valence-corrected chi connectivity index (χ3v) is 9.06. The predicted octanol–water partition coefficient (Wildman–Crippen LogP) is 4.18. The molecule has 3 aromatic carbocycles. The highest BCUT2D eigenvalue weighted by Gasteiger charge is 2.23. The summed E-state index contributed by atoms with van der Waals surface area (Å²) >= 11 is 1.18. The Hall–Kier alpha value is -4.13. The summed E-state index contributed by atoms with van der Waals surface area (Å²) in [5, 5.41) is 2.71. The lowest BCUT2D eigenvalue weighted by Crippen LogP contribution is -2.30. The number of aromatic nitrogens is 1. The van der Waals surface area contributed by atoms with Gasteiger partial charge in [-0.2, -0.15) is 9.30 Å². The first kappa shape index (κ1) is 29.8. The third-order valence-electron chi connectivity index (χ3n) is 6.09. The van der Waals surface area contributed by atoms with Crippen LogP contribution in [0.2, 0.25) is 0 Å². The average molecular weight is 595 g/mol. The van der Waals surface area contributed by atoms with Gasteiger partial charge in [0.1, 0.15) is 6.54 Å². The molecule has 0 unspecified atom stereocenters. The van der Waals surface area contributed by atoms with E-state index in [1.54, 1.807) is 36.6 Å². The van der Waals surface area contributed by atoms with Gasteiger partial charge in [-0.1, -0.05) is 48.6 Å². The molecule has 0 aliphatic heterocycles. The van der Waals surface area contributed by atoms with Crippen LogP contribution >= 0.6 is 11.3 Å². The molecule has 10 nitrogen and oxygen atoms in total. The normalized spacial score (nSPS) is 12.0. The lowest BCUT2D eigenvalue weighted by molar-refractivity contribution is -0.143. The Labute approximate surface area is 242 Å². The van der Waals surface area contributed by atoms with E-state index in [1.165, 1.54) is 46.8 Å². The molecule has 0 radical (unpaired) electrons. The lowest BCUT2D eigenvalue weighted by atomic mass is 10.2. The van der Waals surface area contributed by atoms with Crippen LogP contribution in [0, 0.1) is 0 Å². The number of carbonyl (C=O) groups excluding carboxylic acids is 3. The van der Waals surface area contributed by atoms with Gasteiger partial charge in [0.25, 0.3) is 5.91 Å². The van der Waals surface area contributed by atoms with E-state index in [1.807, 2.05) is 30.3 Å². The van der Waals surface area contributed by atoms with Gasteiger partial charge in [-0.3, -0.25) is 14.4 Å². The second-order valence-corrected chi connectivity index (χ2v) is 11.9. The molecule has 1 N–H and O–H groups in total. The Kier molecular flexibility index (Phi) is 9.48. The van der Waals surface area contributed by atoms with Crippen molar-refractivity contribution in [2.24, 2.45) is 4.99 Å². The molecule has 0 aliphatic carbocycles. The molecule has 0 aliphatic rings. The second kappa shape index (κ2) is 13.0. The molecule has 0 spiro atoms. The van der Waals surface area contributed by atoms with Gasteiger partial charge in [-0.15, -0.1) is 0 Å². The molecule has 1 heterocycles. The molecule has 0 atom stereocenters. The third kappa shape index (κ3) is 7.15. The minimum Gasteiger partial charge on any atom is -0.465 e. The molecular formula is C29H30N4O6S2. The summed E-state index contributed by atoms with van der Waals surface area (Å²) in [6.07, 6.45) is 0. The number of hydrogen-bond acceptors (Lipinski definition) is 7. The number of nitrogens with one attached hydrogen (secondary N) is 1. The van der Waals surface area contributed by atoms with Crippen LogP contribution in [-0.2, 0) is 37.4 Å². The fourth-order valence-electron chi connectivity index (χ4n) is 4.15. The molecule has 41 heavy (non-hydrogen) atoms. The Bertz CT molecular complexity index is 1740. The zero-order valence-electron chi connectivity index (χ0n) is 22.9. The van der Waals surface area contributed by atoms with Gasteiger partial charge in [-0.25, -0.2) is 8.42 Å². The maximum Gasteiger partial charge on any atom is 0.326 e. The van der Waals surface area contributed by atoms with E-state index in [-0.39, 0.29) is 47.4 Å². The summed E-state index contributed by atoms with van der Waals surface area (Å²) in [7, 11) is -3.80.